The van der Waals surface area contributed by atoms with Gasteiger partial charge in [-0.25, -0.2) is 0 Å². The number of amides is 1. The van der Waals surface area contributed by atoms with Crippen molar-refractivity contribution in [3.8, 4) is 5.75 Å². The van der Waals surface area contributed by atoms with Crippen LogP contribution in [-0.2, 0) is 22.5 Å². The molecule has 1 aliphatic heterocycles. The molecule has 0 radical (unpaired) electrons. The quantitative estimate of drug-likeness (QED) is 0.799. The van der Waals surface area contributed by atoms with Crippen molar-refractivity contribution in [2.75, 3.05) is 47.0 Å². The summed E-state index contributed by atoms with van der Waals surface area (Å²) in [6.07, 6.45) is 1.32. The Kier molecular flexibility index (Phi) is 7.67. The molecule has 0 saturated carbocycles. The molecular weight excluding hydrogens is 364 g/mol. The van der Waals surface area contributed by atoms with Crippen LogP contribution < -0.4 is 4.74 Å². The van der Waals surface area contributed by atoms with E-state index in [1.54, 1.807) is 0 Å². The van der Waals surface area contributed by atoms with Gasteiger partial charge in [0.05, 0.1) is 13.2 Å². The average molecular weight is 397 g/mol. The van der Waals surface area contributed by atoms with Gasteiger partial charge in [-0.05, 0) is 43.8 Å². The lowest BCUT2D eigenvalue weighted by Crippen LogP contribution is -2.35. The van der Waals surface area contributed by atoms with Gasteiger partial charge in [0.1, 0.15) is 12.4 Å². The fourth-order valence-corrected chi connectivity index (χ4v) is 3.52. The van der Waals surface area contributed by atoms with E-state index in [0.29, 0.717) is 39.3 Å². The standard InChI is InChI=1S/C24H32N2O3/c1-19-7-8-23-22(15-19)17-20-5-4-6-21(16-20)18-26(11-12-28-13-14-29-23)24(27)9-10-25(2)3/h4-8,15-16H,9-14,17-18H2,1-3H3. The Morgan fingerprint density at radius 3 is 2.72 bits per heavy atom. The largest absolute Gasteiger partial charge is 0.491 e. The number of benzene rings is 2. The van der Waals surface area contributed by atoms with Crippen LogP contribution in [0.5, 0.6) is 5.75 Å². The van der Waals surface area contributed by atoms with Crippen LogP contribution in [0.2, 0.25) is 0 Å². The molecule has 0 aromatic heterocycles. The van der Waals surface area contributed by atoms with Crippen LogP contribution in [0, 0.1) is 6.92 Å². The summed E-state index contributed by atoms with van der Waals surface area (Å²) in [5, 5.41) is 0. The Labute approximate surface area is 174 Å². The monoisotopic (exact) mass is 396 g/mol. The van der Waals surface area contributed by atoms with E-state index in [0.717, 1.165) is 24.3 Å². The van der Waals surface area contributed by atoms with Crippen LogP contribution >= 0.6 is 0 Å². The fraction of sp³-hybridized carbons (Fsp3) is 0.458. The molecule has 0 unspecified atom stereocenters. The number of rotatable bonds is 3. The van der Waals surface area contributed by atoms with E-state index >= 15 is 0 Å². The second-order valence-corrected chi connectivity index (χ2v) is 7.94. The molecule has 1 amide bonds. The lowest BCUT2D eigenvalue weighted by Gasteiger charge is -2.24. The van der Waals surface area contributed by atoms with Crippen LogP contribution in [0.15, 0.2) is 42.5 Å². The van der Waals surface area contributed by atoms with Crippen molar-refractivity contribution >= 4 is 5.91 Å². The Balaban J connectivity index is 1.82. The smallest absolute Gasteiger partial charge is 0.224 e. The first-order valence-electron chi connectivity index (χ1n) is 10.3. The Hall–Kier alpha value is -2.37. The van der Waals surface area contributed by atoms with Crippen molar-refractivity contribution in [1.29, 1.82) is 0 Å². The van der Waals surface area contributed by atoms with Crippen molar-refractivity contribution < 1.29 is 14.3 Å². The maximum absolute atomic E-state index is 12.8. The molecule has 156 valence electrons. The maximum atomic E-state index is 12.8. The van der Waals surface area contributed by atoms with Crippen molar-refractivity contribution in [1.82, 2.24) is 9.80 Å². The zero-order valence-corrected chi connectivity index (χ0v) is 17.8. The number of ether oxygens (including phenoxy) is 2. The summed E-state index contributed by atoms with van der Waals surface area (Å²) < 4.78 is 11.7. The van der Waals surface area contributed by atoms with Crippen molar-refractivity contribution in [2.24, 2.45) is 0 Å². The highest BCUT2D eigenvalue weighted by Gasteiger charge is 2.15. The van der Waals surface area contributed by atoms with Gasteiger partial charge in [0.25, 0.3) is 0 Å². The molecule has 3 rings (SSSR count). The molecule has 1 heterocycles. The summed E-state index contributed by atoms with van der Waals surface area (Å²) in [7, 11) is 3.98. The second kappa shape index (κ2) is 10.4. The molecule has 2 aromatic rings. The first-order valence-corrected chi connectivity index (χ1v) is 10.3. The predicted octanol–water partition coefficient (Wildman–Crippen LogP) is 3.28. The minimum absolute atomic E-state index is 0.164. The van der Waals surface area contributed by atoms with Gasteiger partial charge in [-0.3, -0.25) is 4.79 Å². The summed E-state index contributed by atoms with van der Waals surface area (Å²) in [5.41, 5.74) is 4.77. The number of hydrogen-bond donors (Lipinski definition) is 0. The molecule has 0 saturated heterocycles. The summed E-state index contributed by atoms with van der Waals surface area (Å²) in [5.74, 6) is 1.08. The number of aryl methyl sites for hydroxylation is 1. The van der Waals surface area contributed by atoms with E-state index < -0.39 is 0 Å². The summed E-state index contributed by atoms with van der Waals surface area (Å²) >= 11 is 0. The van der Waals surface area contributed by atoms with E-state index in [1.165, 1.54) is 16.7 Å². The zero-order valence-electron chi connectivity index (χ0n) is 17.8. The first-order chi connectivity index (χ1) is 14.0. The van der Waals surface area contributed by atoms with Gasteiger partial charge in [-0.15, -0.1) is 0 Å². The molecule has 0 fully saturated rings. The van der Waals surface area contributed by atoms with Crippen molar-refractivity contribution in [3.05, 3.63) is 64.7 Å². The fourth-order valence-electron chi connectivity index (χ4n) is 3.52. The second-order valence-electron chi connectivity index (χ2n) is 7.94. The molecule has 29 heavy (non-hydrogen) atoms. The molecule has 2 bridgehead atoms. The third kappa shape index (κ3) is 6.58. The number of carbonyl (C=O) groups excluding carboxylic acids is 1. The van der Waals surface area contributed by atoms with Crippen LogP contribution in [-0.4, -0.2) is 62.7 Å². The van der Waals surface area contributed by atoms with E-state index in [9.17, 15) is 4.79 Å². The Bertz CT molecular complexity index is 820. The highest BCUT2D eigenvalue weighted by Crippen LogP contribution is 2.24. The van der Waals surface area contributed by atoms with Gasteiger partial charge in [0.15, 0.2) is 0 Å². The summed E-state index contributed by atoms with van der Waals surface area (Å²) in [6, 6.07) is 14.8. The van der Waals surface area contributed by atoms with E-state index in [-0.39, 0.29) is 5.91 Å². The highest BCUT2D eigenvalue weighted by molar-refractivity contribution is 5.76. The SMILES string of the molecule is Cc1ccc2c(c1)Cc1cccc(c1)CN(C(=O)CCN(C)C)CCOCCO2. The van der Waals surface area contributed by atoms with Gasteiger partial charge in [-0.2, -0.15) is 0 Å². The van der Waals surface area contributed by atoms with Crippen molar-refractivity contribution in [3.63, 3.8) is 0 Å². The van der Waals surface area contributed by atoms with Gasteiger partial charge in [-0.1, -0.05) is 42.0 Å². The number of carbonyl (C=O) groups is 1. The van der Waals surface area contributed by atoms with Gasteiger partial charge >= 0.3 is 0 Å². The Morgan fingerprint density at radius 2 is 1.90 bits per heavy atom. The third-order valence-corrected chi connectivity index (χ3v) is 5.09. The molecule has 5 nitrogen and oxygen atoms in total. The zero-order chi connectivity index (χ0) is 20.6. The van der Waals surface area contributed by atoms with E-state index in [4.69, 9.17) is 9.47 Å². The van der Waals surface area contributed by atoms with E-state index in [2.05, 4.69) is 43.3 Å². The maximum Gasteiger partial charge on any atom is 0.224 e. The van der Waals surface area contributed by atoms with E-state index in [1.807, 2.05) is 30.0 Å². The number of fused-ring (bicyclic) bond motifs is 3. The first kappa shape index (κ1) is 21.3. The highest BCUT2D eigenvalue weighted by atomic mass is 16.5. The molecule has 0 aliphatic carbocycles. The minimum atomic E-state index is 0.164. The van der Waals surface area contributed by atoms with Crippen molar-refractivity contribution in [2.45, 2.75) is 26.3 Å². The Morgan fingerprint density at radius 1 is 1.07 bits per heavy atom. The molecule has 0 atom stereocenters. The normalized spacial score (nSPS) is 15.4. The average Bonchev–Trinajstić information content (AvgIpc) is 2.69. The van der Waals surface area contributed by atoms with Crippen LogP contribution in [0.1, 0.15) is 28.7 Å². The number of hydrogen-bond acceptors (Lipinski definition) is 4. The molecule has 0 N–H and O–H groups in total. The summed E-state index contributed by atoms with van der Waals surface area (Å²) in [6.45, 7) is 5.58. The van der Waals surface area contributed by atoms with Gasteiger partial charge < -0.3 is 19.3 Å². The topological polar surface area (TPSA) is 42.0 Å². The predicted molar refractivity (Wildman–Crippen MR) is 115 cm³/mol. The summed E-state index contributed by atoms with van der Waals surface area (Å²) in [4.78, 5) is 16.7. The minimum Gasteiger partial charge on any atom is -0.491 e. The van der Waals surface area contributed by atoms with Crippen LogP contribution in [0.25, 0.3) is 0 Å². The third-order valence-electron chi connectivity index (χ3n) is 5.09. The molecule has 5 heteroatoms. The lowest BCUT2D eigenvalue weighted by molar-refractivity contribution is -0.132. The van der Waals surface area contributed by atoms with Crippen LogP contribution in [0.4, 0.5) is 0 Å². The molecular formula is C24H32N2O3. The number of nitrogens with zero attached hydrogens (tertiary/aromatic N) is 2. The van der Waals surface area contributed by atoms with Gasteiger partial charge in [0.2, 0.25) is 5.91 Å². The van der Waals surface area contributed by atoms with Crippen LogP contribution in [0.3, 0.4) is 0 Å². The lowest BCUT2D eigenvalue weighted by atomic mass is 10.00. The molecule has 0 spiro atoms. The molecule has 2 aromatic carbocycles. The van der Waals surface area contributed by atoms with Gasteiger partial charge in [0, 0.05) is 32.5 Å². The molecule has 1 aliphatic rings.